The van der Waals surface area contributed by atoms with Gasteiger partial charge in [-0.25, -0.2) is 9.78 Å². The molecule has 36 heavy (non-hydrogen) atoms. The Kier molecular flexibility index (Phi) is 5.80. The molecule has 2 aliphatic rings. The van der Waals surface area contributed by atoms with Gasteiger partial charge in [0.25, 0.3) is 0 Å². The lowest BCUT2D eigenvalue weighted by molar-refractivity contribution is 0.0531. The van der Waals surface area contributed by atoms with Crippen molar-refractivity contribution in [3.8, 4) is 11.1 Å². The maximum Gasteiger partial charge on any atom is 0.329 e. The van der Waals surface area contributed by atoms with E-state index in [0.717, 1.165) is 77.7 Å². The van der Waals surface area contributed by atoms with Crippen molar-refractivity contribution in [1.29, 1.82) is 0 Å². The van der Waals surface area contributed by atoms with E-state index in [1.54, 1.807) is 11.7 Å². The van der Waals surface area contributed by atoms with E-state index < -0.39 is 0 Å². The van der Waals surface area contributed by atoms with Crippen molar-refractivity contribution in [2.24, 2.45) is 7.05 Å². The molecule has 1 saturated carbocycles. The number of benzene rings is 1. The van der Waals surface area contributed by atoms with E-state index in [9.17, 15) is 4.79 Å². The Morgan fingerprint density at radius 3 is 2.56 bits per heavy atom. The number of anilines is 1. The minimum atomic E-state index is 0.0167. The van der Waals surface area contributed by atoms with E-state index in [-0.39, 0.29) is 17.8 Å². The fourth-order valence-corrected chi connectivity index (χ4v) is 5.83. The summed E-state index contributed by atoms with van der Waals surface area (Å²) in [5.74, 6) is 1.02. The lowest BCUT2D eigenvalue weighted by atomic mass is 9.92. The molecule has 3 aromatic heterocycles. The molecule has 2 fully saturated rings. The fourth-order valence-electron chi connectivity index (χ4n) is 5.83. The molecule has 1 aliphatic heterocycles. The van der Waals surface area contributed by atoms with Crippen LogP contribution < -0.4 is 10.6 Å². The number of imidazole rings is 1. The summed E-state index contributed by atoms with van der Waals surface area (Å²) in [6, 6.07) is 11.3. The summed E-state index contributed by atoms with van der Waals surface area (Å²) in [5.41, 5.74) is 4.88. The first-order valence-corrected chi connectivity index (χ1v) is 12.8. The zero-order valence-corrected chi connectivity index (χ0v) is 21.5. The summed E-state index contributed by atoms with van der Waals surface area (Å²) in [7, 11) is 7.86. The highest BCUT2D eigenvalue weighted by Crippen LogP contribution is 2.35. The van der Waals surface area contributed by atoms with Crippen LogP contribution in [0.1, 0.15) is 31.7 Å². The summed E-state index contributed by atoms with van der Waals surface area (Å²) in [6.45, 7) is 2.02. The molecule has 0 amide bonds. The second-order valence-corrected chi connectivity index (χ2v) is 10.5. The second-order valence-electron chi connectivity index (χ2n) is 10.5. The summed E-state index contributed by atoms with van der Waals surface area (Å²) in [5, 5.41) is 1.00. The van der Waals surface area contributed by atoms with Gasteiger partial charge < -0.3 is 14.5 Å². The molecule has 1 aliphatic carbocycles. The van der Waals surface area contributed by atoms with Gasteiger partial charge in [0.05, 0.1) is 28.9 Å². The van der Waals surface area contributed by atoms with Crippen LogP contribution in [0.25, 0.3) is 33.1 Å². The van der Waals surface area contributed by atoms with Gasteiger partial charge in [0.2, 0.25) is 0 Å². The standard InChI is InChI=1S/C28H34N6O2/c1-31(2)21-16-33(17-21)26-11-9-19(14-30-26)18-8-10-24-23(12-18)27-25(15-29-24)32(3)28(35)34(27)20-6-5-7-22(13-20)36-4/h8-12,14-15,20-22H,5-7,13,16-17H2,1-4H3/t20-,22-/m0/s1. The Bertz CT molecular complexity index is 1470. The van der Waals surface area contributed by atoms with Gasteiger partial charge in [-0.05, 0) is 69.6 Å². The molecule has 0 unspecified atom stereocenters. The number of aryl methyl sites for hydroxylation is 1. The van der Waals surface area contributed by atoms with Gasteiger partial charge >= 0.3 is 5.69 Å². The van der Waals surface area contributed by atoms with Gasteiger partial charge in [-0.2, -0.15) is 0 Å². The summed E-state index contributed by atoms with van der Waals surface area (Å²) in [6.07, 6.45) is 7.93. The third-order valence-corrected chi connectivity index (χ3v) is 8.21. The van der Waals surface area contributed by atoms with Crippen molar-refractivity contribution in [1.82, 2.24) is 24.0 Å². The number of aromatic nitrogens is 4. The first-order chi connectivity index (χ1) is 17.4. The molecule has 0 N–H and O–H groups in total. The Hall–Kier alpha value is -3.23. The monoisotopic (exact) mass is 486 g/mol. The summed E-state index contributed by atoms with van der Waals surface area (Å²) < 4.78 is 9.41. The summed E-state index contributed by atoms with van der Waals surface area (Å²) >= 11 is 0. The molecular weight excluding hydrogens is 452 g/mol. The van der Waals surface area contributed by atoms with Crippen LogP contribution in [0.2, 0.25) is 0 Å². The Labute approximate surface area is 211 Å². The molecule has 188 valence electrons. The number of rotatable bonds is 5. The van der Waals surface area contributed by atoms with Crippen LogP contribution in [0.4, 0.5) is 5.82 Å². The molecule has 4 aromatic rings. The first-order valence-electron chi connectivity index (χ1n) is 12.8. The highest BCUT2D eigenvalue weighted by Gasteiger charge is 2.29. The van der Waals surface area contributed by atoms with Crippen LogP contribution in [0.5, 0.6) is 0 Å². The van der Waals surface area contributed by atoms with Crippen molar-refractivity contribution in [3.05, 3.63) is 53.2 Å². The highest BCUT2D eigenvalue weighted by atomic mass is 16.5. The molecule has 4 heterocycles. The number of methoxy groups -OCH3 is 1. The smallest absolute Gasteiger partial charge is 0.329 e. The molecule has 8 heteroatoms. The predicted molar refractivity (Wildman–Crippen MR) is 144 cm³/mol. The van der Waals surface area contributed by atoms with Crippen molar-refractivity contribution >= 4 is 27.8 Å². The van der Waals surface area contributed by atoms with Crippen molar-refractivity contribution in [2.45, 2.75) is 43.9 Å². The molecule has 0 bridgehead atoms. The van der Waals surface area contributed by atoms with Gasteiger partial charge in [0.1, 0.15) is 5.82 Å². The lowest BCUT2D eigenvalue weighted by Crippen LogP contribution is -2.57. The van der Waals surface area contributed by atoms with E-state index in [1.807, 2.05) is 24.0 Å². The first kappa shape index (κ1) is 23.2. The van der Waals surface area contributed by atoms with E-state index in [4.69, 9.17) is 9.72 Å². The van der Waals surface area contributed by atoms with Crippen molar-refractivity contribution in [2.75, 3.05) is 39.2 Å². The minimum Gasteiger partial charge on any atom is -0.381 e. The highest BCUT2D eigenvalue weighted by molar-refractivity contribution is 6.04. The van der Waals surface area contributed by atoms with E-state index in [1.165, 1.54) is 0 Å². The molecule has 6 rings (SSSR count). The average molecular weight is 487 g/mol. The Balaban J connectivity index is 1.40. The Morgan fingerprint density at radius 1 is 1.03 bits per heavy atom. The minimum absolute atomic E-state index is 0.0167. The van der Waals surface area contributed by atoms with Crippen molar-refractivity contribution < 1.29 is 4.74 Å². The number of fused-ring (bicyclic) bond motifs is 3. The molecule has 1 aromatic carbocycles. The van der Waals surface area contributed by atoms with Crippen LogP contribution >= 0.6 is 0 Å². The molecule has 2 atom stereocenters. The topological polar surface area (TPSA) is 68.4 Å². The quantitative estimate of drug-likeness (QED) is 0.427. The van der Waals surface area contributed by atoms with E-state index in [0.29, 0.717) is 6.04 Å². The largest absolute Gasteiger partial charge is 0.381 e. The number of nitrogens with zero attached hydrogens (tertiary/aromatic N) is 6. The zero-order valence-electron chi connectivity index (χ0n) is 21.5. The molecule has 8 nitrogen and oxygen atoms in total. The molecule has 0 spiro atoms. The number of ether oxygens (including phenoxy) is 1. The van der Waals surface area contributed by atoms with Crippen molar-refractivity contribution in [3.63, 3.8) is 0 Å². The number of likely N-dealkylation sites (N-methyl/N-ethyl adjacent to an activating group) is 1. The van der Waals surface area contributed by atoms with Crippen LogP contribution in [0, 0.1) is 0 Å². The normalized spacial score (nSPS) is 21.0. The van der Waals surface area contributed by atoms with E-state index >= 15 is 0 Å². The van der Waals surface area contributed by atoms with Crippen LogP contribution in [-0.2, 0) is 11.8 Å². The molecular formula is C28H34N6O2. The lowest BCUT2D eigenvalue weighted by Gasteiger charge is -2.43. The maximum absolute atomic E-state index is 13.4. The zero-order chi connectivity index (χ0) is 25.0. The average Bonchev–Trinajstić information content (AvgIpc) is 3.13. The van der Waals surface area contributed by atoms with Crippen LogP contribution in [-0.4, -0.2) is 70.4 Å². The maximum atomic E-state index is 13.4. The third-order valence-electron chi connectivity index (χ3n) is 8.21. The van der Waals surface area contributed by atoms with Gasteiger partial charge in [-0.3, -0.25) is 14.1 Å². The predicted octanol–water partition coefficient (Wildman–Crippen LogP) is 3.83. The van der Waals surface area contributed by atoms with Gasteiger partial charge in [-0.1, -0.05) is 6.07 Å². The number of hydrogen-bond acceptors (Lipinski definition) is 6. The number of hydrogen-bond donors (Lipinski definition) is 0. The molecule has 0 radical (unpaired) electrons. The van der Waals surface area contributed by atoms with Gasteiger partial charge in [0, 0.05) is 56.5 Å². The molecule has 1 saturated heterocycles. The van der Waals surface area contributed by atoms with E-state index in [2.05, 4.69) is 59.2 Å². The van der Waals surface area contributed by atoms with Gasteiger partial charge in [-0.15, -0.1) is 0 Å². The fraction of sp³-hybridized carbons (Fsp3) is 0.464. The summed E-state index contributed by atoms with van der Waals surface area (Å²) in [4.78, 5) is 27.4. The number of pyridine rings is 2. The van der Waals surface area contributed by atoms with Crippen LogP contribution in [0.3, 0.4) is 0 Å². The second kappa shape index (κ2) is 9.01. The Morgan fingerprint density at radius 2 is 1.83 bits per heavy atom. The SMILES string of the molecule is CO[C@H]1CCC[C@H](n2c(=O)n(C)c3cnc4ccc(-c5ccc(N6CC(N(C)C)C6)nc5)cc4c32)C1. The van der Waals surface area contributed by atoms with Gasteiger partial charge in [0.15, 0.2) is 0 Å². The third kappa shape index (κ3) is 3.79. The van der Waals surface area contributed by atoms with Crippen LogP contribution in [0.15, 0.2) is 47.5 Å².